The Bertz CT molecular complexity index is 182. The molecule has 8 heteroatoms. The summed E-state index contributed by atoms with van der Waals surface area (Å²) in [5.41, 5.74) is 0. The summed E-state index contributed by atoms with van der Waals surface area (Å²) in [6.07, 6.45) is -4.61. The number of rotatable bonds is 3. The van der Waals surface area contributed by atoms with Gasteiger partial charge in [0.2, 0.25) is 6.29 Å². The highest BCUT2D eigenvalue weighted by molar-refractivity contribution is 7.10. The van der Waals surface area contributed by atoms with E-state index < -0.39 is 24.4 Å². The SMILES string of the molecule is OC1O[C@H](COP)[C@H](OP)C1(F)F. The molecule has 78 valence electrons. The van der Waals surface area contributed by atoms with Gasteiger partial charge in [-0.3, -0.25) is 0 Å². The van der Waals surface area contributed by atoms with E-state index in [-0.39, 0.29) is 6.61 Å². The van der Waals surface area contributed by atoms with Crippen LogP contribution in [0.3, 0.4) is 0 Å². The fraction of sp³-hybridized carbons (Fsp3) is 1.00. The van der Waals surface area contributed by atoms with Crippen LogP contribution in [0.1, 0.15) is 0 Å². The maximum Gasteiger partial charge on any atom is 0.326 e. The average molecular weight is 234 g/mol. The van der Waals surface area contributed by atoms with Crippen molar-refractivity contribution in [2.45, 2.75) is 24.4 Å². The second kappa shape index (κ2) is 4.39. The zero-order valence-electron chi connectivity index (χ0n) is 6.52. The molecule has 5 atom stereocenters. The van der Waals surface area contributed by atoms with Gasteiger partial charge in [0.05, 0.1) is 6.61 Å². The quantitative estimate of drug-likeness (QED) is 0.714. The molecule has 0 aromatic rings. The first-order valence-electron chi connectivity index (χ1n) is 3.42. The van der Waals surface area contributed by atoms with Gasteiger partial charge < -0.3 is 18.9 Å². The molecule has 0 aromatic carbocycles. The largest absolute Gasteiger partial charge is 0.363 e. The summed E-state index contributed by atoms with van der Waals surface area (Å²) in [4.78, 5) is 0. The molecule has 3 unspecified atom stereocenters. The van der Waals surface area contributed by atoms with Gasteiger partial charge in [0.15, 0.2) is 6.10 Å². The van der Waals surface area contributed by atoms with Crippen molar-refractivity contribution >= 4 is 18.9 Å². The molecule has 1 N–H and O–H groups in total. The minimum absolute atomic E-state index is 0.0869. The summed E-state index contributed by atoms with van der Waals surface area (Å²) in [7, 11) is 3.63. The van der Waals surface area contributed by atoms with Crippen molar-refractivity contribution in [2.75, 3.05) is 6.61 Å². The van der Waals surface area contributed by atoms with Gasteiger partial charge in [-0.25, -0.2) is 0 Å². The molecule has 0 amide bonds. The number of halogens is 2. The number of hydrogen-bond donors (Lipinski definition) is 1. The van der Waals surface area contributed by atoms with Crippen molar-refractivity contribution in [3.63, 3.8) is 0 Å². The summed E-state index contributed by atoms with van der Waals surface area (Å²) in [6.45, 7) is -0.0869. The van der Waals surface area contributed by atoms with Crippen LogP contribution < -0.4 is 0 Å². The monoisotopic (exact) mass is 234 g/mol. The Morgan fingerprint density at radius 2 is 2.08 bits per heavy atom. The summed E-state index contributed by atoms with van der Waals surface area (Å²) >= 11 is 0. The lowest BCUT2D eigenvalue weighted by molar-refractivity contribution is -0.196. The summed E-state index contributed by atoms with van der Waals surface area (Å²) in [5, 5.41) is 8.83. The van der Waals surface area contributed by atoms with Crippen LogP contribution in [-0.2, 0) is 13.8 Å². The molecule has 4 nitrogen and oxygen atoms in total. The fourth-order valence-electron chi connectivity index (χ4n) is 1.12. The van der Waals surface area contributed by atoms with Crippen molar-refractivity contribution < 1.29 is 27.7 Å². The number of alkyl halides is 2. The maximum absolute atomic E-state index is 13.0. The van der Waals surface area contributed by atoms with E-state index in [2.05, 4.69) is 13.8 Å². The Balaban J connectivity index is 2.70. The van der Waals surface area contributed by atoms with Gasteiger partial charge in [-0.2, -0.15) is 8.78 Å². The molecule has 1 fully saturated rings. The standard InChI is InChI=1S/C5H10F2O4P2/c6-5(7)3(11-13)2(1-9-12)10-4(5)8/h2-4,8H,1,12-13H2/t2-,3+,4?/m1/s1. The first-order valence-corrected chi connectivity index (χ1v) is 4.37. The van der Waals surface area contributed by atoms with Crippen LogP contribution in [-0.4, -0.2) is 36.1 Å². The molecule has 0 saturated carbocycles. The van der Waals surface area contributed by atoms with Crippen molar-refractivity contribution in [2.24, 2.45) is 0 Å². The highest BCUT2D eigenvalue weighted by Gasteiger charge is 2.59. The van der Waals surface area contributed by atoms with Crippen LogP contribution >= 0.6 is 18.9 Å². The third-order valence-corrected chi connectivity index (χ3v) is 2.24. The zero-order chi connectivity index (χ0) is 10.1. The maximum atomic E-state index is 13.0. The van der Waals surface area contributed by atoms with Crippen molar-refractivity contribution in [3.05, 3.63) is 0 Å². The lowest BCUT2D eigenvalue weighted by atomic mass is 10.1. The molecule has 1 aliphatic heterocycles. The minimum Gasteiger partial charge on any atom is -0.363 e. The third kappa shape index (κ3) is 2.14. The van der Waals surface area contributed by atoms with Crippen molar-refractivity contribution in [1.82, 2.24) is 0 Å². The van der Waals surface area contributed by atoms with Gasteiger partial charge in [-0.1, -0.05) is 0 Å². The summed E-state index contributed by atoms with van der Waals surface area (Å²) < 4.78 is 39.6. The molecule has 13 heavy (non-hydrogen) atoms. The first kappa shape index (κ1) is 11.6. The molecular formula is C5H10F2O4P2. The van der Waals surface area contributed by atoms with Crippen molar-refractivity contribution in [3.8, 4) is 0 Å². The molecule has 1 heterocycles. The van der Waals surface area contributed by atoms with Crippen LogP contribution in [0.15, 0.2) is 0 Å². The number of aliphatic hydroxyl groups excluding tert-OH is 1. The lowest BCUT2D eigenvalue weighted by Gasteiger charge is -2.19. The Labute approximate surface area is 78.5 Å². The van der Waals surface area contributed by atoms with Crippen molar-refractivity contribution in [1.29, 1.82) is 0 Å². The van der Waals surface area contributed by atoms with E-state index in [1.807, 2.05) is 9.47 Å². The molecule has 0 bridgehead atoms. The van der Waals surface area contributed by atoms with E-state index in [1.165, 1.54) is 0 Å². The number of ether oxygens (including phenoxy) is 1. The lowest BCUT2D eigenvalue weighted by Crippen LogP contribution is -2.41. The van der Waals surface area contributed by atoms with E-state index in [1.54, 1.807) is 9.47 Å². The van der Waals surface area contributed by atoms with E-state index in [4.69, 9.17) is 5.11 Å². The Morgan fingerprint density at radius 1 is 1.46 bits per heavy atom. The first-order chi connectivity index (χ1) is 6.04. The molecule has 1 rings (SSSR count). The molecule has 1 saturated heterocycles. The minimum atomic E-state index is -3.41. The topological polar surface area (TPSA) is 47.9 Å². The van der Waals surface area contributed by atoms with E-state index in [0.29, 0.717) is 0 Å². The predicted octanol–water partition coefficient (Wildman–Crippen LogP) is 0.321. The van der Waals surface area contributed by atoms with Gasteiger partial charge in [-0.05, 0) is 0 Å². The van der Waals surface area contributed by atoms with Gasteiger partial charge in [0.1, 0.15) is 6.10 Å². The van der Waals surface area contributed by atoms with Crippen LogP contribution in [0.4, 0.5) is 8.78 Å². The second-order valence-electron chi connectivity index (χ2n) is 2.59. The molecule has 0 spiro atoms. The van der Waals surface area contributed by atoms with Crippen LogP contribution in [0, 0.1) is 0 Å². The summed E-state index contributed by atoms with van der Waals surface area (Å²) in [6, 6.07) is 0. The fourth-order valence-corrected chi connectivity index (χ4v) is 1.66. The third-order valence-electron chi connectivity index (χ3n) is 1.76. The van der Waals surface area contributed by atoms with Gasteiger partial charge in [0, 0.05) is 18.9 Å². The normalized spacial score (nSPS) is 38.1. The summed E-state index contributed by atoms with van der Waals surface area (Å²) in [5.74, 6) is -3.41. The van der Waals surface area contributed by atoms with Gasteiger partial charge >= 0.3 is 5.92 Å². The zero-order valence-corrected chi connectivity index (χ0v) is 8.83. The highest BCUT2D eigenvalue weighted by Crippen LogP contribution is 2.38. The molecule has 0 radical (unpaired) electrons. The van der Waals surface area contributed by atoms with Crippen LogP contribution in [0.25, 0.3) is 0 Å². The molecule has 0 aliphatic carbocycles. The van der Waals surface area contributed by atoms with Crippen LogP contribution in [0.2, 0.25) is 0 Å². The number of hydrogen-bond acceptors (Lipinski definition) is 4. The van der Waals surface area contributed by atoms with E-state index >= 15 is 0 Å². The highest BCUT2D eigenvalue weighted by atomic mass is 31.0. The Kier molecular flexibility index (Phi) is 3.93. The van der Waals surface area contributed by atoms with E-state index in [0.717, 1.165) is 0 Å². The van der Waals surface area contributed by atoms with Gasteiger partial charge in [0.25, 0.3) is 0 Å². The number of aliphatic hydroxyl groups is 1. The Hall–Kier alpha value is 0.560. The average Bonchev–Trinajstić information content (AvgIpc) is 2.24. The molecule has 1 aliphatic rings. The van der Waals surface area contributed by atoms with Crippen LogP contribution in [0.5, 0.6) is 0 Å². The molecule has 0 aromatic heterocycles. The predicted molar refractivity (Wildman–Crippen MR) is 46.1 cm³/mol. The van der Waals surface area contributed by atoms with E-state index in [9.17, 15) is 8.78 Å². The Morgan fingerprint density at radius 3 is 2.54 bits per heavy atom. The second-order valence-corrected chi connectivity index (χ2v) is 3.20. The molecular weight excluding hydrogens is 224 g/mol. The smallest absolute Gasteiger partial charge is 0.326 e. The van der Waals surface area contributed by atoms with Gasteiger partial charge in [-0.15, -0.1) is 0 Å².